The van der Waals surface area contributed by atoms with Gasteiger partial charge in [-0.3, -0.25) is 0 Å². The van der Waals surface area contributed by atoms with E-state index in [1.54, 1.807) is 7.11 Å². The standard InChI is InChI=1S/C18H28N2O3/c1-18(2,3)23-17(21)20-10-8-14(9-11-20)13-19-15-6-5-7-16(12-15)22-4/h5-7,12,14,19H,8-11,13H2,1-4H3. The molecule has 5 heteroatoms. The quantitative estimate of drug-likeness (QED) is 0.918. The van der Waals surface area contributed by atoms with Crippen molar-refractivity contribution in [3.8, 4) is 5.75 Å². The van der Waals surface area contributed by atoms with Crippen LogP contribution in [0.2, 0.25) is 0 Å². The van der Waals surface area contributed by atoms with Crippen molar-refractivity contribution >= 4 is 11.8 Å². The fourth-order valence-corrected chi connectivity index (χ4v) is 2.64. The van der Waals surface area contributed by atoms with E-state index < -0.39 is 5.60 Å². The Morgan fingerprint density at radius 3 is 2.61 bits per heavy atom. The molecule has 2 rings (SSSR count). The van der Waals surface area contributed by atoms with Crippen LogP contribution in [0.15, 0.2) is 24.3 Å². The normalized spacial score (nSPS) is 16.1. The van der Waals surface area contributed by atoms with Crippen molar-refractivity contribution in [2.75, 3.05) is 32.1 Å². The molecule has 0 atom stereocenters. The molecule has 0 radical (unpaired) electrons. The maximum atomic E-state index is 12.0. The summed E-state index contributed by atoms with van der Waals surface area (Å²) in [7, 11) is 1.67. The Morgan fingerprint density at radius 2 is 2.00 bits per heavy atom. The second kappa shape index (κ2) is 7.57. The van der Waals surface area contributed by atoms with Gasteiger partial charge in [0, 0.05) is 31.4 Å². The molecule has 5 nitrogen and oxygen atoms in total. The number of anilines is 1. The van der Waals surface area contributed by atoms with E-state index in [1.165, 1.54) is 0 Å². The third-order valence-corrected chi connectivity index (χ3v) is 3.93. The SMILES string of the molecule is COc1cccc(NCC2CCN(C(=O)OC(C)(C)C)CC2)c1. The number of likely N-dealkylation sites (tertiary alicyclic amines) is 1. The van der Waals surface area contributed by atoms with Crippen LogP contribution < -0.4 is 10.1 Å². The Hall–Kier alpha value is -1.91. The fraction of sp³-hybridized carbons (Fsp3) is 0.611. The first kappa shape index (κ1) is 17.4. The molecular formula is C18H28N2O3. The van der Waals surface area contributed by atoms with Crippen LogP contribution >= 0.6 is 0 Å². The Labute approximate surface area is 139 Å². The van der Waals surface area contributed by atoms with Crippen LogP contribution in [0, 0.1) is 5.92 Å². The summed E-state index contributed by atoms with van der Waals surface area (Å²) in [4.78, 5) is 13.9. The summed E-state index contributed by atoms with van der Waals surface area (Å²) < 4.78 is 10.7. The second-order valence-electron chi connectivity index (χ2n) is 7.02. The average Bonchev–Trinajstić information content (AvgIpc) is 2.52. The molecule has 1 aliphatic rings. The number of hydrogen-bond donors (Lipinski definition) is 1. The van der Waals surface area contributed by atoms with E-state index >= 15 is 0 Å². The molecule has 1 N–H and O–H groups in total. The van der Waals surface area contributed by atoms with Gasteiger partial charge in [0.05, 0.1) is 7.11 Å². The van der Waals surface area contributed by atoms with Crippen LogP contribution in [0.4, 0.5) is 10.5 Å². The lowest BCUT2D eigenvalue weighted by Gasteiger charge is -2.33. The minimum atomic E-state index is -0.429. The summed E-state index contributed by atoms with van der Waals surface area (Å²) in [5, 5.41) is 3.46. The van der Waals surface area contributed by atoms with Crippen molar-refractivity contribution in [1.29, 1.82) is 0 Å². The van der Waals surface area contributed by atoms with Gasteiger partial charge in [-0.2, -0.15) is 0 Å². The largest absolute Gasteiger partial charge is 0.497 e. The van der Waals surface area contributed by atoms with Gasteiger partial charge in [0.1, 0.15) is 11.4 Å². The number of methoxy groups -OCH3 is 1. The number of amides is 1. The van der Waals surface area contributed by atoms with Crippen molar-refractivity contribution in [3.05, 3.63) is 24.3 Å². The Kier molecular flexibility index (Phi) is 5.74. The van der Waals surface area contributed by atoms with E-state index in [2.05, 4.69) is 5.32 Å². The number of ether oxygens (including phenoxy) is 2. The van der Waals surface area contributed by atoms with Gasteiger partial charge in [-0.15, -0.1) is 0 Å². The average molecular weight is 320 g/mol. The fourth-order valence-electron chi connectivity index (χ4n) is 2.64. The molecule has 0 spiro atoms. The predicted molar refractivity (Wildman–Crippen MR) is 92.0 cm³/mol. The minimum absolute atomic E-state index is 0.197. The molecule has 0 saturated carbocycles. The second-order valence-corrected chi connectivity index (χ2v) is 7.02. The third kappa shape index (κ3) is 5.66. The van der Waals surface area contributed by atoms with Gasteiger partial charge in [-0.05, 0) is 51.7 Å². The molecule has 1 aromatic rings. The zero-order valence-electron chi connectivity index (χ0n) is 14.6. The Balaban J connectivity index is 1.75. The number of rotatable bonds is 4. The van der Waals surface area contributed by atoms with Crippen LogP contribution in [-0.2, 0) is 4.74 Å². The zero-order valence-corrected chi connectivity index (χ0v) is 14.6. The van der Waals surface area contributed by atoms with Gasteiger partial charge in [-0.25, -0.2) is 4.79 Å². The van der Waals surface area contributed by atoms with E-state index in [4.69, 9.17) is 9.47 Å². The topological polar surface area (TPSA) is 50.8 Å². The van der Waals surface area contributed by atoms with Crippen LogP contribution in [0.5, 0.6) is 5.75 Å². The lowest BCUT2D eigenvalue weighted by molar-refractivity contribution is 0.0188. The first-order valence-corrected chi connectivity index (χ1v) is 8.23. The summed E-state index contributed by atoms with van der Waals surface area (Å²) >= 11 is 0. The molecule has 0 aromatic heterocycles. The van der Waals surface area contributed by atoms with Crippen LogP contribution in [0.3, 0.4) is 0 Å². The van der Waals surface area contributed by atoms with Gasteiger partial charge >= 0.3 is 6.09 Å². The third-order valence-electron chi connectivity index (χ3n) is 3.93. The molecule has 1 aliphatic heterocycles. The van der Waals surface area contributed by atoms with Gasteiger partial charge in [-0.1, -0.05) is 6.07 Å². The molecule has 1 fully saturated rings. The Morgan fingerprint density at radius 1 is 1.30 bits per heavy atom. The van der Waals surface area contributed by atoms with E-state index in [1.807, 2.05) is 49.9 Å². The minimum Gasteiger partial charge on any atom is -0.497 e. The predicted octanol–water partition coefficient (Wildman–Crippen LogP) is 3.75. The maximum Gasteiger partial charge on any atom is 0.410 e. The number of carbonyl (C=O) groups is 1. The summed E-state index contributed by atoms with van der Waals surface area (Å²) in [6, 6.07) is 7.95. The highest BCUT2D eigenvalue weighted by molar-refractivity contribution is 5.68. The van der Waals surface area contributed by atoms with E-state index in [-0.39, 0.29) is 6.09 Å². The summed E-state index contributed by atoms with van der Waals surface area (Å²) in [6.45, 7) is 8.13. The summed E-state index contributed by atoms with van der Waals surface area (Å²) in [6.07, 6.45) is 1.79. The number of carbonyl (C=O) groups excluding carboxylic acids is 1. The summed E-state index contributed by atoms with van der Waals surface area (Å²) in [5.41, 5.74) is 0.640. The molecule has 0 bridgehead atoms. The van der Waals surface area contributed by atoms with Crippen molar-refractivity contribution in [1.82, 2.24) is 4.90 Å². The van der Waals surface area contributed by atoms with E-state index in [0.29, 0.717) is 5.92 Å². The van der Waals surface area contributed by atoms with Gasteiger partial charge in [0.15, 0.2) is 0 Å². The van der Waals surface area contributed by atoms with Crippen molar-refractivity contribution < 1.29 is 14.3 Å². The molecule has 128 valence electrons. The smallest absolute Gasteiger partial charge is 0.410 e. The zero-order chi connectivity index (χ0) is 16.9. The molecule has 1 aromatic carbocycles. The number of piperidine rings is 1. The van der Waals surface area contributed by atoms with Crippen LogP contribution in [-0.4, -0.2) is 43.3 Å². The molecule has 1 heterocycles. The number of nitrogens with zero attached hydrogens (tertiary/aromatic N) is 1. The van der Waals surface area contributed by atoms with Crippen molar-refractivity contribution in [2.24, 2.45) is 5.92 Å². The lowest BCUT2D eigenvalue weighted by atomic mass is 9.97. The molecule has 0 unspecified atom stereocenters. The monoisotopic (exact) mass is 320 g/mol. The van der Waals surface area contributed by atoms with Gasteiger partial charge in [0.25, 0.3) is 0 Å². The highest BCUT2D eigenvalue weighted by atomic mass is 16.6. The molecular weight excluding hydrogens is 292 g/mol. The lowest BCUT2D eigenvalue weighted by Crippen LogP contribution is -2.42. The Bertz CT molecular complexity index is 517. The van der Waals surface area contributed by atoms with Crippen molar-refractivity contribution in [2.45, 2.75) is 39.2 Å². The first-order valence-electron chi connectivity index (χ1n) is 8.23. The number of nitrogens with one attached hydrogen (secondary N) is 1. The van der Waals surface area contributed by atoms with Crippen LogP contribution in [0.25, 0.3) is 0 Å². The highest BCUT2D eigenvalue weighted by Gasteiger charge is 2.26. The molecule has 1 saturated heterocycles. The maximum absolute atomic E-state index is 12.0. The molecule has 1 amide bonds. The first-order chi connectivity index (χ1) is 10.9. The summed E-state index contributed by atoms with van der Waals surface area (Å²) in [5.74, 6) is 1.43. The molecule has 0 aliphatic carbocycles. The van der Waals surface area contributed by atoms with E-state index in [0.717, 1.165) is 43.9 Å². The van der Waals surface area contributed by atoms with Gasteiger partial charge in [0.2, 0.25) is 0 Å². The van der Waals surface area contributed by atoms with Crippen molar-refractivity contribution in [3.63, 3.8) is 0 Å². The highest BCUT2D eigenvalue weighted by Crippen LogP contribution is 2.22. The molecule has 23 heavy (non-hydrogen) atoms. The van der Waals surface area contributed by atoms with Gasteiger partial charge < -0.3 is 19.7 Å². The van der Waals surface area contributed by atoms with Crippen LogP contribution in [0.1, 0.15) is 33.6 Å². The number of benzene rings is 1. The number of hydrogen-bond acceptors (Lipinski definition) is 4. The van der Waals surface area contributed by atoms with E-state index in [9.17, 15) is 4.79 Å².